The third kappa shape index (κ3) is 4.16. The molecule has 0 aromatic heterocycles. The Morgan fingerprint density at radius 2 is 1.38 bits per heavy atom. The topological polar surface area (TPSA) is 171 Å². The molecule has 0 unspecified atom stereocenters. The lowest BCUT2D eigenvalue weighted by atomic mass is 10.0. The van der Waals surface area contributed by atoms with E-state index in [0.717, 1.165) is 24.3 Å². The second kappa shape index (κ2) is 7.50. The Balaban J connectivity index is 2.62. The second-order valence-electron chi connectivity index (χ2n) is 5.58. The number of rotatable bonds is 7. The number of phenols is 1. The molecular formula is C15H19NO8P2. The van der Waals surface area contributed by atoms with Crippen LogP contribution in [0, 0.1) is 0 Å². The largest absolute Gasteiger partial charge is 0.508 e. The lowest BCUT2D eigenvalue weighted by Gasteiger charge is -2.35. The lowest BCUT2D eigenvalue weighted by molar-refractivity contribution is 0.152. The Kier molecular flexibility index (Phi) is 5.95. The van der Waals surface area contributed by atoms with Crippen LogP contribution in [0.2, 0.25) is 0 Å². The fraction of sp³-hybridized carbons (Fsp3) is 0.200. The van der Waals surface area contributed by atoms with Gasteiger partial charge in [-0.2, -0.15) is 0 Å². The Bertz CT molecular complexity index is 836. The molecule has 9 nitrogen and oxygen atoms in total. The average Bonchev–Trinajstić information content (AvgIpc) is 2.54. The summed E-state index contributed by atoms with van der Waals surface area (Å²) in [5.74, 6) is -0.372. The first-order chi connectivity index (χ1) is 12.0. The minimum atomic E-state index is -5.49. The van der Waals surface area contributed by atoms with Crippen LogP contribution in [0.3, 0.4) is 0 Å². The summed E-state index contributed by atoms with van der Waals surface area (Å²) in [6, 6.07) is 10.8. The minimum Gasteiger partial charge on any atom is -0.508 e. The van der Waals surface area contributed by atoms with Gasteiger partial charge in [-0.1, -0.05) is 24.3 Å². The second-order valence-corrected chi connectivity index (χ2v) is 9.55. The van der Waals surface area contributed by atoms with Crippen LogP contribution in [-0.4, -0.2) is 29.8 Å². The van der Waals surface area contributed by atoms with Crippen LogP contribution < -0.4 is 10.5 Å². The minimum absolute atomic E-state index is 0.00772. The van der Waals surface area contributed by atoms with Crippen LogP contribution >= 0.6 is 15.2 Å². The number of nitrogens with two attached hydrogens (primary N) is 1. The highest BCUT2D eigenvalue weighted by molar-refractivity contribution is 7.72. The SMILES string of the molecule is NCc1ccccc1CC(Oc1ccc(O)cc1)(P(=O)(O)O)P(=O)(O)O. The van der Waals surface area contributed by atoms with Gasteiger partial charge in [0.15, 0.2) is 0 Å². The molecule has 2 rings (SSSR count). The molecule has 26 heavy (non-hydrogen) atoms. The van der Waals surface area contributed by atoms with Gasteiger partial charge in [0.2, 0.25) is 0 Å². The number of benzene rings is 2. The van der Waals surface area contributed by atoms with Crippen molar-refractivity contribution < 1.29 is 38.5 Å². The summed E-state index contributed by atoms with van der Waals surface area (Å²) in [5, 5.41) is 6.17. The summed E-state index contributed by atoms with van der Waals surface area (Å²) < 4.78 is 29.6. The molecule has 0 aliphatic carbocycles. The van der Waals surface area contributed by atoms with Crippen LogP contribution in [0.25, 0.3) is 0 Å². The zero-order valence-electron chi connectivity index (χ0n) is 13.5. The van der Waals surface area contributed by atoms with E-state index >= 15 is 0 Å². The lowest BCUT2D eigenvalue weighted by Crippen LogP contribution is -2.38. The number of phenolic OH excluding ortho intramolecular Hbond substituents is 1. The molecule has 0 saturated heterocycles. The van der Waals surface area contributed by atoms with Crippen molar-refractivity contribution in [1.82, 2.24) is 0 Å². The number of hydrogen-bond acceptors (Lipinski definition) is 5. The van der Waals surface area contributed by atoms with E-state index < -0.39 is 26.7 Å². The van der Waals surface area contributed by atoms with Crippen molar-refractivity contribution in [1.29, 1.82) is 0 Å². The molecule has 0 aliphatic rings. The summed E-state index contributed by atoms with van der Waals surface area (Å²) in [5.41, 5.74) is 6.30. The van der Waals surface area contributed by atoms with Gasteiger partial charge in [0.05, 0.1) is 0 Å². The first-order valence-corrected chi connectivity index (χ1v) is 10.6. The fourth-order valence-electron chi connectivity index (χ4n) is 2.41. The third-order valence-electron chi connectivity index (χ3n) is 3.79. The zero-order chi connectivity index (χ0) is 19.6. The summed E-state index contributed by atoms with van der Waals surface area (Å²) >= 11 is 0. The summed E-state index contributed by atoms with van der Waals surface area (Å²) in [4.78, 5) is 39.3. The van der Waals surface area contributed by atoms with Gasteiger partial charge < -0.3 is 35.2 Å². The molecule has 7 N–H and O–H groups in total. The molecule has 11 heteroatoms. The molecule has 0 fully saturated rings. The summed E-state index contributed by atoms with van der Waals surface area (Å²) in [7, 11) is -11.0. The summed E-state index contributed by atoms with van der Waals surface area (Å²) in [6.45, 7) is 0.00772. The van der Waals surface area contributed by atoms with Gasteiger partial charge in [0.1, 0.15) is 11.5 Å². The van der Waals surface area contributed by atoms with Gasteiger partial charge in [0, 0.05) is 13.0 Å². The van der Waals surface area contributed by atoms with Crippen molar-refractivity contribution in [2.45, 2.75) is 18.0 Å². The van der Waals surface area contributed by atoms with Crippen LogP contribution in [0.4, 0.5) is 0 Å². The van der Waals surface area contributed by atoms with Crippen molar-refractivity contribution in [3.05, 3.63) is 59.7 Å². The van der Waals surface area contributed by atoms with E-state index in [1.54, 1.807) is 18.2 Å². The monoisotopic (exact) mass is 403 g/mol. The number of aromatic hydroxyl groups is 1. The predicted octanol–water partition coefficient (Wildman–Crippen LogP) is 1.48. The molecular weight excluding hydrogens is 384 g/mol. The molecule has 0 amide bonds. The van der Waals surface area contributed by atoms with E-state index in [1.165, 1.54) is 6.07 Å². The van der Waals surface area contributed by atoms with Crippen molar-refractivity contribution in [2.24, 2.45) is 5.73 Å². The van der Waals surface area contributed by atoms with Crippen LogP contribution in [0.5, 0.6) is 11.5 Å². The Labute approximate surface area is 149 Å². The van der Waals surface area contributed by atoms with Gasteiger partial charge in [-0.3, -0.25) is 9.13 Å². The first-order valence-electron chi connectivity index (χ1n) is 7.36. The normalized spacial score (nSPS) is 12.8. The highest BCUT2D eigenvalue weighted by Gasteiger charge is 2.63. The molecule has 142 valence electrons. The first kappa shape index (κ1) is 20.6. The van der Waals surface area contributed by atoms with E-state index in [-0.39, 0.29) is 23.6 Å². The molecule has 0 radical (unpaired) electrons. The highest BCUT2D eigenvalue weighted by atomic mass is 31.2. The predicted molar refractivity (Wildman–Crippen MR) is 93.6 cm³/mol. The van der Waals surface area contributed by atoms with Gasteiger partial charge >= 0.3 is 20.3 Å². The molecule has 0 heterocycles. The third-order valence-corrected chi connectivity index (χ3v) is 7.67. The fourth-order valence-corrected chi connectivity index (χ4v) is 4.97. The van der Waals surface area contributed by atoms with Crippen molar-refractivity contribution in [2.75, 3.05) is 0 Å². The van der Waals surface area contributed by atoms with E-state index in [9.17, 15) is 33.8 Å². The summed E-state index contributed by atoms with van der Waals surface area (Å²) in [6.07, 6.45) is -0.768. The molecule has 0 bridgehead atoms. The maximum absolute atomic E-state index is 12.2. The van der Waals surface area contributed by atoms with Crippen LogP contribution in [-0.2, 0) is 22.1 Å². The smallest absolute Gasteiger partial charge is 0.381 e. The standard InChI is InChI=1S/C15H19NO8P2/c16-10-12-4-2-1-3-11(12)9-15(25(18,19)20,26(21,22)23)24-14-7-5-13(17)6-8-14/h1-8,17H,9-10,16H2,(H2,18,19,20)(H2,21,22,23). The van der Waals surface area contributed by atoms with E-state index in [0.29, 0.717) is 5.56 Å². The average molecular weight is 403 g/mol. The highest BCUT2D eigenvalue weighted by Crippen LogP contribution is 2.70. The van der Waals surface area contributed by atoms with Crippen LogP contribution in [0.1, 0.15) is 11.1 Å². The number of ether oxygens (including phenoxy) is 1. The Hall–Kier alpha value is -1.70. The molecule has 0 saturated carbocycles. The maximum Gasteiger partial charge on any atom is 0.381 e. The van der Waals surface area contributed by atoms with Gasteiger partial charge in [-0.05, 0) is 35.4 Å². The van der Waals surface area contributed by atoms with E-state index in [4.69, 9.17) is 10.5 Å². The van der Waals surface area contributed by atoms with Crippen LogP contribution in [0.15, 0.2) is 48.5 Å². The van der Waals surface area contributed by atoms with Gasteiger partial charge in [-0.25, -0.2) is 0 Å². The quantitative estimate of drug-likeness (QED) is 0.375. The molecule has 2 aromatic rings. The molecule has 2 aromatic carbocycles. The zero-order valence-corrected chi connectivity index (χ0v) is 15.3. The number of hydrogen-bond donors (Lipinski definition) is 6. The molecule has 0 spiro atoms. The van der Waals surface area contributed by atoms with Crippen molar-refractivity contribution >= 4 is 15.2 Å². The van der Waals surface area contributed by atoms with Crippen molar-refractivity contribution in [3.63, 3.8) is 0 Å². The van der Waals surface area contributed by atoms with E-state index in [2.05, 4.69) is 0 Å². The Morgan fingerprint density at radius 3 is 1.85 bits per heavy atom. The van der Waals surface area contributed by atoms with Crippen molar-refractivity contribution in [3.8, 4) is 11.5 Å². The molecule has 0 aliphatic heterocycles. The Morgan fingerprint density at radius 1 is 0.885 bits per heavy atom. The van der Waals surface area contributed by atoms with Gasteiger partial charge in [-0.15, -0.1) is 0 Å². The maximum atomic E-state index is 12.2. The van der Waals surface area contributed by atoms with Gasteiger partial charge in [0.25, 0.3) is 0 Å². The molecule has 0 atom stereocenters. The van der Waals surface area contributed by atoms with E-state index in [1.807, 2.05) is 0 Å².